The molecular weight excluding hydrogens is 267 g/mol. The van der Waals surface area contributed by atoms with E-state index in [-0.39, 0.29) is 12.0 Å². The summed E-state index contributed by atoms with van der Waals surface area (Å²) in [6.07, 6.45) is -2.53. The van der Waals surface area contributed by atoms with Gasteiger partial charge in [0.2, 0.25) is 0 Å². The van der Waals surface area contributed by atoms with Crippen molar-refractivity contribution < 1.29 is 13.2 Å². The van der Waals surface area contributed by atoms with E-state index in [9.17, 15) is 13.2 Å². The van der Waals surface area contributed by atoms with E-state index in [1.54, 1.807) is 30.5 Å². The number of alkyl halides is 3. The van der Waals surface area contributed by atoms with Crippen molar-refractivity contribution in [1.29, 1.82) is 0 Å². The monoisotopic (exact) mass is 281 g/mol. The molecule has 1 unspecified atom stereocenters. The molecule has 1 aromatic heterocycles. The van der Waals surface area contributed by atoms with Gasteiger partial charge in [-0.15, -0.1) is 0 Å². The van der Waals surface area contributed by atoms with Gasteiger partial charge in [-0.1, -0.05) is 24.3 Å². The van der Waals surface area contributed by atoms with Gasteiger partial charge in [-0.2, -0.15) is 13.2 Å². The number of halogens is 3. The molecule has 1 aromatic carbocycles. The molecular formula is C14H14F3N3. The first kappa shape index (κ1) is 14.5. The van der Waals surface area contributed by atoms with Crippen molar-refractivity contribution in [2.75, 3.05) is 0 Å². The summed E-state index contributed by atoms with van der Waals surface area (Å²) in [5, 5.41) is 0. The second-order valence-electron chi connectivity index (χ2n) is 4.33. The quantitative estimate of drug-likeness (QED) is 0.669. The Morgan fingerprint density at radius 2 is 1.80 bits per heavy atom. The molecule has 0 aliphatic rings. The van der Waals surface area contributed by atoms with Crippen molar-refractivity contribution in [3.05, 3.63) is 65.5 Å². The highest BCUT2D eigenvalue weighted by molar-refractivity contribution is 5.33. The van der Waals surface area contributed by atoms with Crippen molar-refractivity contribution in [2.24, 2.45) is 5.84 Å². The Morgan fingerprint density at radius 3 is 2.40 bits per heavy atom. The van der Waals surface area contributed by atoms with Crippen LogP contribution in [0.25, 0.3) is 0 Å². The smallest absolute Gasteiger partial charge is 0.271 e. The standard InChI is InChI=1S/C14H14F3N3/c15-14(16,17)12-7-2-1-6-11(12)13(20-18)9-10-5-3-4-8-19-10/h1-8,13,20H,9,18H2. The molecule has 2 rings (SSSR count). The highest BCUT2D eigenvalue weighted by atomic mass is 19.4. The lowest BCUT2D eigenvalue weighted by Gasteiger charge is -2.20. The van der Waals surface area contributed by atoms with E-state index in [1.165, 1.54) is 12.1 Å². The van der Waals surface area contributed by atoms with E-state index >= 15 is 0 Å². The largest absolute Gasteiger partial charge is 0.416 e. The number of hydrogen-bond donors (Lipinski definition) is 2. The van der Waals surface area contributed by atoms with Crippen LogP contribution in [0.3, 0.4) is 0 Å². The van der Waals surface area contributed by atoms with Crippen LogP contribution >= 0.6 is 0 Å². The Kier molecular flexibility index (Phi) is 4.36. The number of hydrogen-bond acceptors (Lipinski definition) is 3. The Balaban J connectivity index is 2.33. The second-order valence-corrected chi connectivity index (χ2v) is 4.33. The summed E-state index contributed by atoms with van der Waals surface area (Å²) < 4.78 is 39.0. The zero-order valence-corrected chi connectivity index (χ0v) is 10.6. The average Bonchev–Trinajstić information content (AvgIpc) is 2.45. The third kappa shape index (κ3) is 3.34. The number of pyridine rings is 1. The molecule has 0 radical (unpaired) electrons. The summed E-state index contributed by atoms with van der Waals surface area (Å²) in [5.41, 5.74) is 2.55. The van der Waals surface area contributed by atoms with Crippen LogP contribution in [0.4, 0.5) is 13.2 Å². The fourth-order valence-electron chi connectivity index (χ4n) is 2.05. The summed E-state index contributed by atoms with van der Waals surface area (Å²) in [4.78, 5) is 4.11. The summed E-state index contributed by atoms with van der Waals surface area (Å²) >= 11 is 0. The molecule has 3 N–H and O–H groups in total. The third-order valence-corrected chi connectivity index (χ3v) is 2.98. The molecule has 6 heteroatoms. The van der Waals surface area contributed by atoms with Crippen LogP contribution in [-0.4, -0.2) is 4.98 Å². The van der Waals surface area contributed by atoms with Gasteiger partial charge in [0.25, 0.3) is 0 Å². The number of rotatable bonds is 4. The van der Waals surface area contributed by atoms with Crippen molar-refractivity contribution in [3.8, 4) is 0 Å². The van der Waals surface area contributed by atoms with E-state index in [1.807, 2.05) is 0 Å². The fourth-order valence-corrected chi connectivity index (χ4v) is 2.05. The molecule has 0 aliphatic carbocycles. The highest BCUT2D eigenvalue weighted by Crippen LogP contribution is 2.35. The van der Waals surface area contributed by atoms with Crippen LogP contribution in [0, 0.1) is 0 Å². The van der Waals surface area contributed by atoms with Gasteiger partial charge in [0.1, 0.15) is 0 Å². The first-order valence-corrected chi connectivity index (χ1v) is 6.04. The third-order valence-electron chi connectivity index (χ3n) is 2.98. The lowest BCUT2D eigenvalue weighted by atomic mass is 9.96. The summed E-state index contributed by atoms with van der Waals surface area (Å²) in [5.74, 6) is 5.42. The van der Waals surface area contributed by atoms with E-state index in [0.29, 0.717) is 5.69 Å². The molecule has 0 bridgehead atoms. The van der Waals surface area contributed by atoms with Gasteiger partial charge in [0.15, 0.2) is 0 Å². The van der Waals surface area contributed by atoms with Gasteiger partial charge >= 0.3 is 6.18 Å². The molecule has 0 amide bonds. The van der Waals surface area contributed by atoms with E-state index in [2.05, 4.69) is 10.4 Å². The summed E-state index contributed by atoms with van der Waals surface area (Å²) in [6.45, 7) is 0. The zero-order chi connectivity index (χ0) is 14.6. The lowest BCUT2D eigenvalue weighted by Crippen LogP contribution is -2.31. The van der Waals surface area contributed by atoms with E-state index < -0.39 is 17.8 Å². The van der Waals surface area contributed by atoms with Crippen molar-refractivity contribution in [1.82, 2.24) is 10.4 Å². The Bertz CT molecular complexity index is 555. The van der Waals surface area contributed by atoms with Gasteiger partial charge < -0.3 is 0 Å². The van der Waals surface area contributed by atoms with Gasteiger partial charge in [0, 0.05) is 18.3 Å². The predicted octanol–water partition coefficient (Wildman–Crippen LogP) is 2.85. The molecule has 1 atom stereocenters. The van der Waals surface area contributed by atoms with Gasteiger partial charge in [-0.3, -0.25) is 16.3 Å². The number of benzene rings is 1. The van der Waals surface area contributed by atoms with Gasteiger partial charge in [-0.05, 0) is 23.8 Å². The topological polar surface area (TPSA) is 50.9 Å². The van der Waals surface area contributed by atoms with Crippen LogP contribution < -0.4 is 11.3 Å². The van der Waals surface area contributed by atoms with Gasteiger partial charge in [-0.25, -0.2) is 0 Å². The molecule has 0 aliphatic heterocycles. The number of nitrogens with two attached hydrogens (primary N) is 1. The molecule has 0 saturated heterocycles. The maximum absolute atomic E-state index is 13.0. The van der Waals surface area contributed by atoms with E-state index in [0.717, 1.165) is 6.07 Å². The zero-order valence-electron chi connectivity index (χ0n) is 10.6. The minimum atomic E-state index is -4.41. The number of hydrazine groups is 1. The molecule has 0 spiro atoms. The fraction of sp³-hybridized carbons (Fsp3) is 0.214. The molecule has 0 saturated carbocycles. The van der Waals surface area contributed by atoms with E-state index in [4.69, 9.17) is 5.84 Å². The van der Waals surface area contributed by atoms with Crippen molar-refractivity contribution in [3.63, 3.8) is 0 Å². The Hall–Kier alpha value is -1.92. The second kappa shape index (κ2) is 6.02. The number of nitrogens with one attached hydrogen (secondary N) is 1. The summed E-state index contributed by atoms with van der Waals surface area (Å²) in [7, 11) is 0. The van der Waals surface area contributed by atoms with Crippen molar-refractivity contribution in [2.45, 2.75) is 18.6 Å². The first-order valence-electron chi connectivity index (χ1n) is 6.04. The van der Waals surface area contributed by atoms with Gasteiger partial charge in [0.05, 0.1) is 11.6 Å². The average molecular weight is 281 g/mol. The highest BCUT2D eigenvalue weighted by Gasteiger charge is 2.34. The molecule has 2 aromatic rings. The van der Waals surface area contributed by atoms with Crippen LogP contribution in [0.2, 0.25) is 0 Å². The maximum atomic E-state index is 13.0. The minimum absolute atomic E-state index is 0.119. The normalized spacial score (nSPS) is 13.2. The Labute approximate surface area is 114 Å². The van der Waals surface area contributed by atoms with Crippen LogP contribution in [0.5, 0.6) is 0 Å². The van der Waals surface area contributed by atoms with Crippen LogP contribution in [0.1, 0.15) is 22.9 Å². The molecule has 0 fully saturated rings. The molecule has 106 valence electrons. The van der Waals surface area contributed by atoms with Crippen LogP contribution in [0.15, 0.2) is 48.7 Å². The lowest BCUT2D eigenvalue weighted by molar-refractivity contribution is -0.138. The predicted molar refractivity (Wildman–Crippen MR) is 69.4 cm³/mol. The minimum Gasteiger partial charge on any atom is -0.271 e. The first-order chi connectivity index (χ1) is 9.52. The SMILES string of the molecule is NNC(Cc1ccccn1)c1ccccc1C(F)(F)F. The molecule has 1 heterocycles. The number of aromatic nitrogens is 1. The number of nitrogens with zero attached hydrogens (tertiary/aromatic N) is 1. The maximum Gasteiger partial charge on any atom is 0.416 e. The Morgan fingerprint density at radius 1 is 1.10 bits per heavy atom. The van der Waals surface area contributed by atoms with Crippen LogP contribution in [-0.2, 0) is 12.6 Å². The molecule has 3 nitrogen and oxygen atoms in total. The van der Waals surface area contributed by atoms with Crippen molar-refractivity contribution >= 4 is 0 Å². The summed E-state index contributed by atoms with van der Waals surface area (Å²) in [6, 6.07) is 10.0. The molecule has 20 heavy (non-hydrogen) atoms.